The van der Waals surface area contributed by atoms with Gasteiger partial charge in [-0.05, 0) is 5.56 Å². The van der Waals surface area contributed by atoms with Crippen molar-refractivity contribution in [2.24, 2.45) is 0 Å². The predicted molar refractivity (Wildman–Crippen MR) is 49.4 cm³/mol. The van der Waals surface area contributed by atoms with Crippen LogP contribution >= 0.6 is 0 Å². The molecule has 1 aromatic rings. The second kappa shape index (κ2) is 6.85. The second-order valence-corrected chi connectivity index (χ2v) is 2.76. The van der Waals surface area contributed by atoms with Gasteiger partial charge in [-0.15, -0.1) is 6.08 Å². The molecule has 0 aliphatic heterocycles. The molecule has 0 saturated carbocycles. The van der Waals surface area contributed by atoms with Crippen molar-refractivity contribution in [1.82, 2.24) is 0 Å². The zero-order chi connectivity index (χ0) is 9.73. The molecule has 1 aromatic carbocycles. The Bertz CT molecular complexity index is 282. The first-order valence-electron chi connectivity index (χ1n) is 4.00. The molecule has 0 bridgehead atoms. The molecule has 14 heavy (non-hydrogen) atoms. The number of hydrogen-bond donors (Lipinski definition) is 0. The Hall–Kier alpha value is 0.451. The molecule has 0 fully saturated rings. The van der Waals surface area contributed by atoms with Gasteiger partial charge >= 0.3 is 58.4 Å². The van der Waals surface area contributed by atoms with Gasteiger partial charge in [-0.2, -0.15) is 0 Å². The zero-order valence-corrected chi connectivity index (χ0v) is 11.1. The minimum atomic E-state index is -4.69. The monoisotopic (exact) mass is 224 g/mol. The van der Waals surface area contributed by atoms with Crippen molar-refractivity contribution < 1.29 is 64.3 Å². The van der Waals surface area contributed by atoms with Gasteiger partial charge in [-0.3, -0.25) is 0 Å². The van der Waals surface area contributed by atoms with E-state index < -0.39 is 13.3 Å². The van der Waals surface area contributed by atoms with Crippen LogP contribution in [0.25, 0.3) is 6.08 Å². The van der Waals surface area contributed by atoms with E-state index in [1.165, 1.54) is 6.08 Å². The van der Waals surface area contributed by atoms with Crippen LogP contribution in [0.3, 0.4) is 0 Å². The smallest absolute Gasteiger partial charge is 0.449 e. The number of hydrogen-bond acceptors (Lipinski definition) is 0. The summed E-state index contributed by atoms with van der Waals surface area (Å²) in [5, 5.41) is 0. The quantitative estimate of drug-likeness (QED) is 0.658. The van der Waals surface area contributed by atoms with Crippen LogP contribution in [0.4, 0.5) is 12.9 Å². The summed E-state index contributed by atoms with van der Waals surface area (Å²) in [5.74, 6) is 0. The molecule has 0 N–H and O–H groups in total. The summed E-state index contributed by atoms with van der Waals surface area (Å²) in [5.41, 5.74) is 0.794. The van der Waals surface area contributed by atoms with Gasteiger partial charge in [-0.1, -0.05) is 42.7 Å². The Morgan fingerprint density at radius 1 is 1.07 bits per heavy atom. The normalized spacial score (nSPS) is 11.4. The number of allylic oxidation sites excluding steroid dienone is 1. The summed E-state index contributed by atoms with van der Waals surface area (Å²) in [4.78, 5) is 0. The third kappa shape index (κ3) is 6.84. The summed E-state index contributed by atoms with van der Waals surface area (Å²) in [6.45, 7) is -4.69. The SMILES string of the molecule is F[B-](F)(F)CC=Cc1ccccc1.[K+]. The predicted octanol–water partition coefficient (Wildman–Crippen LogP) is 0.551. The Kier molecular flexibility index (Phi) is 7.07. The van der Waals surface area contributed by atoms with Crippen LogP contribution in [0.15, 0.2) is 36.4 Å². The third-order valence-corrected chi connectivity index (χ3v) is 1.51. The van der Waals surface area contributed by atoms with Crippen LogP contribution in [0.5, 0.6) is 0 Å². The first kappa shape index (κ1) is 14.5. The fraction of sp³-hybridized carbons (Fsp3) is 0.111. The molecule has 5 heteroatoms. The van der Waals surface area contributed by atoms with Gasteiger partial charge in [-0.25, -0.2) is 0 Å². The van der Waals surface area contributed by atoms with Gasteiger partial charge in [0, 0.05) is 0 Å². The molecule has 0 amide bonds. The Morgan fingerprint density at radius 3 is 2.14 bits per heavy atom. The van der Waals surface area contributed by atoms with Crippen molar-refractivity contribution in [3.63, 3.8) is 0 Å². The van der Waals surface area contributed by atoms with Crippen molar-refractivity contribution in [2.75, 3.05) is 0 Å². The van der Waals surface area contributed by atoms with Crippen molar-refractivity contribution in [3.8, 4) is 0 Å². The van der Waals surface area contributed by atoms with Crippen LogP contribution in [0.1, 0.15) is 5.56 Å². The number of benzene rings is 1. The molecule has 0 radical (unpaired) electrons. The molecule has 0 aliphatic carbocycles. The maximum absolute atomic E-state index is 11.8. The molecule has 0 spiro atoms. The maximum atomic E-state index is 11.8. The Balaban J connectivity index is 0.00000169. The maximum Gasteiger partial charge on any atom is 1.00 e. The molecule has 0 aromatic heterocycles. The van der Waals surface area contributed by atoms with E-state index >= 15 is 0 Å². The van der Waals surface area contributed by atoms with Crippen molar-refractivity contribution in [3.05, 3.63) is 42.0 Å². The molecule has 1 rings (SSSR count). The molecule has 0 saturated heterocycles. The van der Waals surface area contributed by atoms with E-state index in [4.69, 9.17) is 0 Å². The van der Waals surface area contributed by atoms with Crippen LogP contribution < -0.4 is 51.4 Å². The van der Waals surface area contributed by atoms with Crippen molar-refractivity contribution >= 4 is 13.1 Å². The first-order chi connectivity index (χ1) is 6.08. The molecular weight excluding hydrogens is 215 g/mol. The van der Waals surface area contributed by atoms with E-state index in [0.717, 1.165) is 11.6 Å². The molecule has 0 unspecified atom stereocenters. The van der Waals surface area contributed by atoms with E-state index in [0.29, 0.717) is 0 Å². The largest absolute Gasteiger partial charge is 1.00 e. The molecule has 0 nitrogen and oxygen atoms in total. The second-order valence-electron chi connectivity index (χ2n) is 2.76. The molecule has 0 atom stereocenters. The minimum Gasteiger partial charge on any atom is -0.449 e. The zero-order valence-electron chi connectivity index (χ0n) is 7.96. The van der Waals surface area contributed by atoms with Crippen molar-refractivity contribution in [2.45, 2.75) is 6.32 Å². The average molecular weight is 224 g/mol. The minimum absolute atomic E-state index is 0. The van der Waals surface area contributed by atoms with Crippen molar-refractivity contribution in [1.29, 1.82) is 0 Å². The average Bonchev–Trinajstić information content (AvgIpc) is 2.04. The number of rotatable bonds is 3. The van der Waals surface area contributed by atoms with Crippen LogP contribution in [0.2, 0.25) is 6.32 Å². The first-order valence-corrected chi connectivity index (χ1v) is 4.00. The number of halogens is 3. The molecule has 0 heterocycles. The van der Waals surface area contributed by atoms with Gasteiger partial charge < -0.3 is 12.9 Å². The van der Waals surface area contributed by atoms with Gasteiger partial charge in [0.05, 0.1) is 0 Å². The topological polar surface area (TPSA) is 0 Å². The van der Waals surface area contributed by atoms with Gasteiger partial charge in [0.25, 0.3) is 0 Å². The Labute approximate surface area is 124 Å². The Morgan fingerprint density at radius 2 is 1.64 bits per heavy atom. The summed E-state index contributed by atoms with van der Waals surface area (Å²) in [6, 6.07) is 8.93. The van der Waals surface area contributed by atoms with Gasteiger partial charge in [0.2, 0.25) is 0 Å². The molecule has 0 aliphatic rings. The summed E-state index contributed by atoms with van der Waals surface area (Å²) in [6.07, 6.45) is 1.82. The van der Waals surface area contributed by atoms with E-state index in [9.17, 15) is 12.9 Å². The van der Waals surface area contributed by atoms with E-state index in [-0.39, 0.29) is 51.4 Å². The summed E-state index contributed by atoms with van der Waals surface area (Å²) < 4.78 is 35.3. The molecule has 70 valence electrons. The van der Waals surface area contributed by atoms with Gasteiger partial charge in [0.15, 0.2) is 0 Å². The third-order valence-electron chi connectivity index (χ3n) is 1.51. The summed E-state index contributed by atoms with van der Waals surface area (Å²) in [7, 11) is 0. The van der Waals surface area contributed by atoms with Gasteiger partial charge in [0.1, 0.15) is 0 Å². The standard InChI is InChI=1S/C9H9BF3.K/c11-10(12,13)8-4-7-9-5-2-1-3-6-9;/h1-7H,8H2;/q-1;+1. The van der Waals surface area contributed by atoms with Crippen LogP contribution in [-0.4, -0.2) is 6.98 Å². The van der Waals surface area contributed by atoms with E-state index in [1.54, 1.807) is 24.3 Å². The fourth-order valence-electron chi connectivity index (χ4n) is 0.923. The molecular formula is C9H9BF3K. The fourth-order valence-corrected chi connectivity index (χ4v) is 0.923. The van der Waals surface area contributed by atoms with E-state index in [2.05, 4.69) is 0 Å². The summed E-state index contributed by atoms with van der Waals surface area (Å²) >= 11 is 0. The van der Waals surface area contributed by atoms with Crippen LogP contribution in [-0.2, 0) is 0 Å². The van der Waals surface area contributed by atoms with E-state index in [1.807, 2.05) is 6.07 Å². The van der Waals surface area contributed by atoms with Crippen LogP contribution in [0, 0.1) is 0 Å².